The number of nitrogens with zero attached hydrogens (tertiary/aromatic N) is 1. The lowest BCUT2D eigenvalue weighted by molar-refractivity contribution is -0.140. The van der Waals surface area contributed by atoms with Gasteiger partial charge in [0.25, 0.3) is 0 Å². The molecule has 0 bridgehead atoms. The standard InChI is InChI=1S/C25H30N2O5/c1-4-9-22(24(30)27(3)16(2)14-23(28)29)26-25(31)32-15-21-19-12-7-5-10-17(19)18-11-6-8-13-20(18)21/h5-8,10-13,16,21-22H,4,9,14-15H2,1-3H3,(H,26,31)(H,28,29)/t16-,22+/m1/s1. The summed E-state index contributed by atoms with van der Waals surface area (Å²) in [7, 11) is 1.55. The van der Waals surface area contributed by atoms with Gasteiger partial charge in [-0.15, -0.1) is 0 Å². The number of hydrogen-bond acceptors (Lipinski definition) is 4. The molecule has 0 spiro atoms. The zero-order valence-corrected chi connectivity index (χ0v) is 18.7. The number of carbonyl (C=O) groups excluding carboxylic acids is 2. The summed E-state index contributed by atoms with van der Waals surface area (Å²) >= 11 is 0. The zero-order chi connectivity index (χ0) is 23.3. The minimum absolute atomic E-state index is 0.0632. The maximum absolute atomic E-state index is 12.8. The number of carbonyl (C=O) groups is 3. The first-order valence-corrected chi connectivity index (χ1v) is 10.9. The number of benzene rings is 2. The summed E-state index contributed by atoms with van der Waals surface area (Å²) in [4.78, 5) is 37.8. The molecule has 1 aliphatic carbocycles. The number of alkyl carbamates (subject to hydrolysis) is 1. The Balaban J connectivity index is 1.65. The largest absolute Gasteiger partial charge is 0.481 e. The van der Waals surface area contributed by atoms with Crippen LogP contribution in [0.25, 0.3) is 11.1 Å². The second kappa shape index (κ2) is 10.3. The van der Waals surface area contributed by atoms with E-state index in [0.717, 1.165) is 22.3 Å². The lowest BCUT2D eigenvalue weighted by atomic mass is 9.98. The van der Waals surface area contributed by atoms with Gasteiger partial charge in [-0.25, -0.2) is 4.79 Å². The first-order valence-electron chi connectivity index (χ1n) is 10.9. The van der Waals surface area contributed by atoms with E-state index in [1.807, 2.05) is 43.3 Å². The summed E-state index contributed by atoms with van der Waals surface area (Å²) in [5.74, 6) is -1.37. The van der Waals surface area contributed by atoms with Crippen molar-refractivity contribution in [3.63, 3.8) is 0 Å². The van der Waals surface area contributed by atoms with Crippen molar-refractivity contribution < 1.29 is 24.2 Å². The maximum Gasteiger partial charge on any atom is 0.407 e. The molecule has 7 heteroatoms. The third kappa shape index (κ3) is 5.10. The van der Waals surface area contributed by atoms with Gasteiger partial charge in [-0.3, -0.25) is 9.59 Å². The molecule has 2 N–H and O–H groups in total. The molecule has 1 aliphatic rings. The molecule has 2 atom stereocenters. The van der Waals surface area contributed by atoms with Crippen molar-refractivity contribution in [3.8, 4) is 11.1 Å². The fraction of sp³-hybridized carbons (Fsp3) is 0.400. The number of rotatable bonds is 9. The van der Waals surface area contributed by atoms with Crippen LogP contribution in [0.5, 0.6) is 0 Å². The van der Waals surface area contributed by atoms with E-state index in [4.69, 9.17) is 9.84 Å². The number of hydrogen-bond donors (Lipinski definition) is 2. The summed E-state index contributed by atoms with van der Waals surface area (Å²) < 4.78 is 5.56. The minimum Gasteiger partial charge on any atom is -0.481 e. The number of nitrogens with one attached hydrogen (secondary N) is 1. The van der Waals surface area contributed by atoms with Gasteiger partial charge in [-0.1, -0.05) is 61.9 Å². The average Bonchev–Trinajstić information content (AvgIpc) is 3.09. The topological polar surface area (TPSA) is 95.9 Å². The first kappa shape index (κ1) is 23.3. The number of aliphatic carboxylic acids is 1. The summed E-state index contributed by atoms with van der Waals surface area (Å²) in [6.45, 7) is 3.75. The fourth-order valence-corrected chi connectivity index (χ4v) is 4.18. The molecule has 0 radical (unpaired) electrons. The molecule has 0 fully saturated rings. The molecule has 0 aromatic heterocycles. The summed E-state index contributed by atoms with van der Waals surface area (Å²) in [5, 5.41) is 11.7. The second-order valence-electron chi connectivity index (χ2n) is 8.21. The monoisotopic (exact) mass is 438 g/mol. The molecule has 0 saturated carbocycles. The van der Waals surface area contributed by atoms with E-state index < -0.39 is 24.1 Å². The first-order chi connectivity index (χ1) is 15.3. The highest BCUT2D eigenvalue weighted by molar-refractivity contribution is 5.86. The predicted octanol–water partition coefficient (Wildman–Crippen LogP) is 4.02. The Morgan fingerprint density at radius 2 is 1.62 bits per heavy atom. The number of fused-ring (bicyclic) bond motifs is 3. The Kier molecular flexibility index (Phi) is 7.51. The van der Waals surface area contributed by atoms with Gasteiger partial charge in [0, 0.05) is 19.0 Å². The highest BCUT2D eigenvalue weighted by Crippen LogP contribution is 2.44. The van der Waals surface area contributed by atoms with Crippen molar-refractivity contribution in [1.29, 1.82) is 0 Å². The Morgan fingerprint density at radius 3 is 2.16 bits per heavy atom. The van der Waals surface area contributed by atoms with Gasteiger partial charge in [0.05, 0.1) is 6.42 Å². The lowest BCUT2D eigenvalue weighted by Gasteiger charge is -2.28. The predicted molar refractivity (Wildman–Crippen MR) is 121 cm³/mol. The highest BCUT2D eigenvalue weighted by Gasteiger charge is 2.31. The molecular weight excluding hydrogens is 408 g/mol. The number of carboxylic acids is 1. The molecule has 2 aromatic rings. The molecule has 170 valence electrons. The van der Waals surface area contributed by atoms with Crippen LogP contribution in [0.15, 0.2) is 48.5 Å². The maximum atomic E-state index is 12.8. The van der Waals surface area contributed by atoms with Gasteiger partial charge >= 0.3 is 12.1 Å². The Labute approximate surface area is 188 Å². The van der Waals surface area contributed by atoms with Crippen LogP contribution in [0.4, 0.5) is 4.79 Å². The fourth-order valence-electron chi connectivity index (χ4n) is 4.18. The third-order valence-electron chi connectivity index (χ3n) is 5.99. The molecule has 0 aliphatic heterocycles. The van der Waals surface area contributed by atoms with Gasteiger partial charge in [-0.05, 0) is 35.6 Å². The third-order valence-corrected chi connectivity index (χ3v) is 5.99. The molecule has 2 aromatic carbocycles. The van der Waals surface area contributed by atoms with Crippen LogP contribution < -0.4 is 5.32 Å². The van der Waals surface area contributed by atoms with Gasteiger partial charge in [0.1, 0.15) is 12.6 Å². The SMILES string of the molecule is CCC[C@H](NC(=O)OCC1c2ccccc2-c2ccccc21)C(=O)N(C)[C@H](C)CC(=O)O. The molecule has 2 amide bonds. The molecule has 0 saturated heterocycles. The Hall–Kier alpha value is -3.35. The quantitative estimate of drug-likeness (QED) is 0.617. The molecule has 0 unspecified atom stereocenters. The minimum atomic E-state index is -0.978. The van der Waals surface area contributed by atoms with Crippen LogP contribution >= 0.6 is 0 Å². The van der Waals surface area contributed by atoms with Crippen molar-refractivity contribution in [3.05, 3.63) is 59.7 Å². The van der Waals surface area contributed by atoms with Crippen molar-refractivity contribution in [2.24, 2.45) is 0 Å². The van der Waals surface area contributed by atoms with Crippen molar-refractivity contribution >= 4 is 18.0 Å². The smallest absolute Gasteiger partial charge is 0.407 e. The van der Waals surface area contributed by atoms with Crippen LogP contribution in [-0.4, -0.2) is 53.7 Å². The van der Waals surface area contributed by atoms with Crippen LogP contribution in [0.2, 0.25) is 0 Å². The molecule has 0 heterocycles. The van der Waals surface area contributed by atoms with E-state index in [9.17, 15) is 14.4 Å². The second-order valence-corrected chi connectivity index (χ2v) is 8.21. The van der Waals surface area contributed by atoms with Crippen molar-refractivity contribution in [1.82, 2.24) is 10.2 Å². The van der Waals surface area contributed by atoms with Crippen LogP contribution in [0.1, 0.15) is 50.2 Å². The van der Waals surface area contributed by atoms with Crippen LogP contribution in [0.3, 0.4) is 0 Å². The molecular formula is C25H30N2O5. The zero-order valence-electron chi connectivity index (χ0n) is 18.7. The van der Waals surface area contributed by atoms with E-state index >= 15 is 0 Å². The summed E-state index contributed by atoms with van der Waals surface area (Å²) in [6.07, 6.45) is 0.304. The van der Waals surface area contributed by atoms with Crippen LogP contribution in [0, 0.1) is 0 Å². The van der Waals surface area contributed by atoms with Gasteiger partial charge < -0.3 is 20.1 Å². The van der Waals surface area contributed by atoms with E-state index in [2.05, 4.69) is 17.4 Å². The Morgan fingerprint density at radius 1 is 1.06 bits per heavy atom. The highest BCUT2D eigenvalue weighted by atomic mass is 16.5. The molecule has 32 heavy (non-hydrogen) atoms. The summed E-state index contributed by atoms with van der Waals surface area (Å²) in [5.41, 5.74) is 4.52. The van der Waals surface area contributed by atoms with Crippen LogP contribution in [-0.2, 0) is 14.3 Å². The van der Waals surface area contributed by atoms with E-state index in [0.29, 0.717) is 12.8 Å². The van der Waals surface area contributed by atoms with Gasteiger partial charge in [0.15, 0.2) is 0 Å². The Bertz CT molecular complexity index is 944. The molecule has 7 nitrogen and oxygen atoms in total. The molecule has 3 rings (SSSR count). The normalized spacial score (nSPS) is 14.1. The number of ether oxygens (including phenoxy) is 1. The van der Waals surface area contributed by atoms with E-state index in [-0.39, 0.29) is 24.9 Å². The van der Waals surface area contributed by atoms with Crippen molar-refractivity contribution in [2.75, 3.05) is 13.7 Å². The van der Waals surface area contributed by atoms with Gasteiger partial charge in [0.2, 0.25) is 5.91 Å². The van der Waals surface area contributed by atoms with Gasteiger partial charge in [-0.2, -0.15) is 0 Å². The van der Waals surface area contributed by atoms with E-state index in [1.165, 1.54) is 4.90 Å². The van der Waals surface area contributed by atoms with Crippen molar-refractivity contribution in [2.45, 2.75) is 51.1 Å². The number of amides is 2. The summed E-state index contributed by atoms with van der Waals surface area (Å²) in [6, 6.07) is 14.9. The number of likely N-dealkylation sites (N-methyl/N-ethyl adjacent to an activating group) is 1. The lowest BCUT2D eigenvalue weighted by Crippen LogP contribution is -2.50. The number of carboxylic acid groups (broad SMARTS) is 1. The average molecular weight is 439 g/mol. The van der Waals surface area contributed by atoms with E-state index in [1.54, 1.807) is 14.0 Å².